The average Bonchev–Trinajstić information content (AvgIpc) is 2.55. The number of nitrogens with zero attached hydrogens (tertiary/aromatic N) is 3. The number of ether oxygens (including phenoxy) is 1. The van der Waals surface area contributed by atoms with E-state index in [1.54, 1.807) is 0 Å². The first-order valence-electron chi connectivity index (χ1n) is 7.57. The highest BCUT2D eigenvalue weighted by atomic mass is 16.5. The minimum Gasteiger partial charge on any atom is -0.475 e. The van der Waals surface area contributed by atoms with Gasteiger partial charge in [-0.3, -0.25) is 0 Å². The van der Waals surface area contributed by atoms with Crippen molar-refractivity contribution in [2.24, 2.45) is 5.92 Å². The summed E-state index contributed by atoms with van der Waals surface area (Å²) in [6, 6.07) is 7.85. The highest BCUT2D eigenvalue weighted by Gasteiger charge is 2.23. The maximum atomic E-state index is 9.26. The molecular formula is C16H21N3O2. The van der Waals surface area contributed by atoms with Gasteiger partial charge in [0.1, 0.15) is 0 Å². The Morgan fingerprint density at radius 2 is 1.86 bits per heavy atom. The molecule has 0 unspecified atom stereocenters. The average molecular weight is 287 g/mol. The van der Waals surface area contributed by atoms with Gasteiger partial charge in [0.05, 0.1) is 17.6 Å². The second kappa shape index (κ2) is 6.26. The number of aliphatic hydroxyl groups excluding tert-OH is 1. The summed E-state index contributed by atoms with van der Waals surface area (Å²) in [7, 11) is 0. The molecule has 21 heavy (non-hydrogen) atoms. The van der Waals surface area contributed by atoms with E-state index in [2.05, 4.69) is 9.88 Å². The van der Waals surface area contributed by atoms with Crippen LogP contribution in [0.1, 0.15) is 19.8 Å². The molecule has 0 aliphatic carbocycles. The second-order valence-electron chi connectivity index (χ2n) is 5.39. The molecule has 1 N–H and O–H groups in total. The number of aliphatic hydroxyl groups is 1. The van der Waals surface area contributed by atoms with Crippen molar-refractivity contribution in [3.8, 4) is 5.88 Å². The quantitative estimate of drug-likeness (QED) is 0.934. The van der Waals surface area contributed by atoms with Gasteiger partial charge in [0.25, 0.3) is 5.88 Å². The molecule has 0 radical (unpaired) electrons. The van der Waals surface area contributed by atoms with Gasteiger partial charge in [0.2, 0.25) is 0 Å². The molecule has 1 saturated heterocycles. The van der Waals surface area contributed by atoms with Gasteiger partial charge in [0, 0.05) is 19.7 Å². The molecular weight excluding hydrogens is 266 g/mol. The summed E-state index contributed by atoms with van der Waals surface area (Å²) in [6.07, 6.45) is 1.97. The van der Waals surface area contributed by atoms with E-state index in [0.717, 1.165) is 42.8 Å². The largest absolute Gasteiger partial charge is 0.475 e. The molecule has 112 valence electrons. The van der Waals surface area contributed by atoms with Crippen LogP contribution in [0.4, 0.5) is 5.82 Å². The van der Waals surface area contributed by atoms with Crippen molar-refractivity contribution in [2.75, 3.05) is 31.2 Å². The highest BCUT2D eigenvalue weighted by Crippen LogP contribution is 2.30. The minimum absolute atomic E-state index is 0.273. The van der Waals surface area contributed by atoms with E-state index in [4.69, 9.17) is 9.72 Å². The van der Waals surface area contributed by atoms with E-state index in [1.807, 2.05) is 31.2 Å². The fraction of sp³-hybridized carbons (Fsp3) is 0.500. The number of para-hydroxylation sites is 2. The highest BCUT2D eigenvalue weighted by molar-refractivity contribution is 5.77. The van der Waals surface area contributed by atoms with Crippen LogP contribution in [0, 0.1) is 5.92 Å². The third-order valence-electron chi connectivity index (χ3n) is 3.97. The van der Waals surface area contributed by atoms with Crippen LogP contribution in [0.5, 0.6) is 5.88 Å². The molecule has 5 heteroatoms. The molecule has 0 amide bonds. The fourth-order valence-corrected chi connectivity index (χ4v) is 2.74. The van der Waals surface area contributed by atoms with E-state index in [1.165, 1.54) is 0 Å². The summed E-state index contributed by atoms with van der Waals surface area (Å²) < 4.78 is 5.69. The van der Waals surface area contributed by atoms with Gasteiger partial charge in [0.15, 0.2) is 5.82 Å². The molecule has 1 aromatic heterocycles. The Kier molecular flexibility index (Phi) is 4.20. The molecule has 1 fully saturated rings. The van der Waals surface area contributed by atoms with Gasteiger partial charge in [-0.15, -0.1) is 0 Å². The summed E-state index contributed by atoms with van der Waals surface area (Å²) >= 11 is 0. The van der Waals surface area contributed by atoms with Crippen molar-refractivity contribution in [3.05, 3.63) is 24.3 Å². The molecule has 3 rings (SSSR count). The van der Waals surface area contributed by atoms with E-state index >= 15 is 0 Å². The number of piperidine rings is 1. The lowest BCUT2D eigenvalue weighted by atomic mass is 9.98. The third kappa shape index (κ3) is 2.93. The molecule has 0 spiro atoms. The van der Waals surface area contributed by atoms with E-state index in [9.17, 15) is 5.11 Å². The molecule has 0 bridgehead atoms. The predicted octanol–water partition coefficient (Wildman–Crippen LogP) is 2.24. The van der Waals surface area contributed by atoms with Crippen molar-refractivity contribution < 1.29 is 9.84 Å². The van der Waals surface area contributed by atoms with Crippen LogP contribution in [-0.4, -0.2) is 41.4 Å². The van der Waals surface area contributed by atoms with Crippen LogP contribution in [0.2, 0.25) is 0 Å². The molecule has 5 nitrogen and oxygen atoms in total. The van der Waals surface area contributed by atoms with Gasteiger partial charge in [-0.25, -0.2) is 9.97 Å². The third-order valence-corrected chi connectivity index (χ3v) is 3.97. The number of hydrogen-bond donors (Lipinski definition) is 1. The molecule has 2 heterocycles. The number of aromatic nitrogens is 2. The summed E-state index contributed by atoms with van der Waals surface area (Å²) in [5.74, 6) is 1.84. The van der Waals surface area contributed by atoms with Crippen molar-refractivity contribution in [1.29, 1.82) is 0 Å². The van der Waals surface area contributed by atoms with Crippen LogP contribution >= 0.6 is 0 Å². The molecule has 2 aromatic rings. The minimum atomic E-state index is 0.273. The van der Waals surface area contributed by atoms with Crippen molar-refractivity contribution >= 4 is 16.9 Å². The van der Waals surface area contributed by atoms with Gasteiger partial charge >= 0.3 is 0 Å². The topological polar surface area (TPSA) is 58.5 Å². The first-order valence-corrected chi connectivity index (χ1v) is 7.57. The SMILES string of the molecule is CCOc1nc2ccccc2nc1N1CCC(CO)CC1. The Bertz CT molecular complexity index is 609. The lowest BCUT2D eigenvalue weighted by Crippen LogP contribution is -2.35. The molecule has 1 aliphatic heterocycles. The summed E-state index contributed by atoms with van der Waals surface area (Å²) in [5, 5.41) is 9.26. The van der Waals surface area contributed by atoms with Crippen LogP contribution in [-0.2, 0) is 0 Å². The Labute approximate surface area is 124 Å². The van der Waals surface area contributed by atoms with E-state index in [0.29, 0.717) is 18.4 Å². The van der Waals surface area contributed by atoms with Crippen LogP contribution in [0.3, 0.4) is 0 Å². The van der Waals surface area contributed by atoms with Gasteiger partial charge in [-0.1, -0.05) is 12.1 Å². The van der Waals surface area contributed by atoms with Crippen LogP contribution in [0.15, 0.2) is 24.3 Å². The smallest absolute Gasteiger partial charge is 0.258 e. The standard InChI is InChI=1S/C16H21N3O2/c1-2-21-16-15(19-9-7-12(11-20)8-10-19)17-13-5-3-4-6-14(13)18-16/h3-6,12,20H,2,7-11H2,1H3. The van der Waals surface area contributed by atoms with Crippen LogP contribution < -0.4 is 9.64 Å². The van der Waals surface area contributed by atoms with Crippen molar-refractivity contribution in [3.63, 3.8) is 0 Å². The maximum absolute atomic E-state index is 9.26. The zero-order valence-corrected chi connectivity index (χ0v) is 12.3. The number of fused-ring (bicyclic) bond motifs is 1. The number of anilines is 1. The number of benzene rings is 1. The Balaban J connectivity index is 1.94. The number of rotatable bonds is 4. The zero-order chi connectivity index (χ0) is 14.7. The maximum Gasteiger partial charge on any atom is 0.258 e. The first-order chi connectivity index (χ1) is 10.3. The zero-order valence-electron chi connectivity index (χ0n) is 12.3. The normalized spacial score (nSPS) is 16.4. The lowest BCUT2D eigenvalue weighted by molar-refractivity contribution is 0.202. The molecule has 0 atom stereocenters. The number of hydrogen-bond acceptors (Lipinski definition) is 5. The fourth-order valence-electron chi connectivity index (χ4n) is 2.74. The van der Waals surface area contributed by atoms with Crippen molar-refractivity contribution in [1.82, 2.24) is 9.97 Å². The van der Waals surface area contributed by atoms with Gasteiger partial charge in [-0.05, 0) is 37.8 Å². The summed E-state index contributed by atoms with van der Waals surface area (Å²) in [6.45, 7) is 4.58. The van der Waals surface area contributed by atoms with Gasteiger partial charge in [-0.2, -0.15) is 0 Å². The summed E-state index contributed by atoms with van der Waals surface area (Å²) in [5.41, 5.74) is 1.75. The molecule has 0 saturated carbocycles. The summed E-state index contributed by atoms with van der Waals surface area (Å²) in [4.78, 5) is 11.6. The second-order valence-corrected chi connectivity index (χ2v) is 5.39. The monoisotopic (exact) mass is 287 g/mol. The first kappa shape index (κ1) is 14.1. The van der Waals surface area contributed by atoms with E-state index in [-0.39, 0.29) is 6.61 Å². The van der Waals surface area contributed by atoms with Crippen molar-refractivity contribution in [2.45, 2.75) is 19.8 Å². The Morgan fingerprint density at radius 3 is 2.48 bits per heavy atom. The van der Waals surface area contributed by atoms with Crippen LogP contribution in [0.25, 0.3) is 11.0 Å². The molecule has 1 aliphatic rings. The Hall–Kier alpha value is -1.88. The predicted molar refractivity (Wildman–Crippen MR) is 82.7 cm³/mol. The Morgan fingerprint density at radius 1 is 1.19 bits per heavy atom. The van der Waals surface area contributed by atoms with Gasteiger partial charge < -0.3 is 14.7 Å². The lowest BCUT2D eigenvalue weighted by Gasteiger charge is -2.32. The van der Waals surface area contributed by atoms with E-state index < -0.39 is 0 Å². The molecule has 1 aromatic carbocycles.